The van der Waals surface area contributed by atoms with Gasteiger partial charge in [-0.1, -0.05) is 142 Å². The minimum atomic E-state index is -0.189. The van der Waals surface area contributed by atoms with Crippen LogP contribution in [0.2, 0.25) is 0 Å². The number of hydrogen-bond acceptors (Lipinski definition) is 4. The van der Waals surface area contributed by atoms with Gasteiger partial charge in [-0.15, -0.1) is 0 Å². The zero-order valence-corrected chi connectivity index (χ0v) is 28.0. The number of carbonyl (C=O) groups is 2. The van der Waals surface area contributed by atoms with E-state index >= 15 is 0 Å². The molecule has 1 unspecified atom stereocenters. The number of aliphatic hydroxyl groups is 2. The fourth-order valence-corrected chi connectivity index (χ4v) is 5.08. The Bertz CT molecular complexity index is 597. The summed E-state index contributed by atoms with van der Waals surface area (Å²) in [6.45, 7) is 4.42. The van der Waals surface area contributed by atoms with Gasteiger partial charge in [-0.3, -0.25) is 9.59 Å². The van der Waals surface area contributed by atoms with Gasteiger partial charge in [0.05, 0.1) is 12.2 Å². The van der Waals surface area contributed by atoms with E-state index in [1.165, 1.54) is 96.3 Å². The Balaban J connectivity index is 0. The smallest absolute Gasteiger partial charge is 0.217 e. The van der Waals surface area contributed by atoms with Crippen LogP contribution in [0.15, 0.2) is 12.2 Å². The molecule has 42 heavy (non-hydrogen) atoms. The number of nitrogens with two attached hydrogens (primary N) is 2. The second-order valence-corrected chi connectivity index (χ2v) is 12.3. The topological polar surface area (TPSA) is 127 Å². The first-order chi connectivity index (χ1) is 20.3. The highest BCUT2D eigenvalue weighted by molar-refractivity contribution is 5.73. The van der Waals surface area contributed by atoms with Crippen molar-refractivity contribution in [3.05, 3.63) is 12.2 Å². The Morgan fingerprint density at radius 2 is 0.857 bits per heavy atom. The molecule has 0 bridgehead atoms. The quantitative estimate of drug-likeness (QED) is 0.0470. The molecule has 0 saturated carbocycles. The normalized spacial score (nSPS) is 12.7. The SMILES string of the molecule is CCCCCCC(O)CCCCCCCCCCC(N)=O.CCCCCC[C@@H](O)C/C=C\CCCCCCCC(N)=O. The Labute approximate surface area is 260 Å². The minimum absolute atomic E-state index is 0.0735. The molecule has 0 aliphatic rings. The van der Waals surface area contributed by atoms with Crippen molar-refractivity contribution in [3.63, 3.8) is 0 Å². The molecule has 2 amide bonds. The molecule has 0 aromatic heterocycles. The molecule has 0 radical (unpaired) electrons. The number of carbonyl (C=O) groups excluding carboxylic acids is 2. The number of aliphatic hydroxyl groups excluding tert-OH is 2. The molecule has 0 saturated heterocycles. The molecule has 0 heterocycles. The molecule has 0 aliphatic carbocycles. The van der Waals surface area contributed by atoms with Crippen LogP contribution in [0.4, 0.5) is 0 Å². The van der Waals surface area contributed by atoms with E-state index in [1.807, 2.05) is 0 Å². The third-order valence-electron chi connectivity index (χ3n) is 7.86. The second-order valence-electron chi connectivity index (χ2n) is 12.3. The van der Waals surface area contributed by atoms with E-state index in [9.17, 15) is 19.8 Å². The van der Waals surface area contributed by atoms with E-state index in [4.69, 9.17) is 11.5 Å². The molecule has 6 N–H and O–H groups in total. The van der Waals surface area contributed by atoms with Crippen LogP contribution in [0.3, 0.4) is 0 Å². The molecular formula is C36H72N2O4. The summed E-state index contributed by atoms with van der Waals surface area (Å²) in [7, 11) is 0. The first-order valence-corrected chi connectivity index (χ1v) is 17.9. The van der Waals surface area contributed by atoms with Gasteiger partial charge < -0.3 is 21.7 Å². The van der Waals surface area contributed by atoms with Crippen LogP contribution in [-0.4, -0.2) is 34.2 Å². The van der Waals surface area contributed by atoms with Crippen molar-refractivity contribution in [2.45, 2.75) is 206 Å². The molecule has 6 heteroatoms. The van der Waals surface area contributed by atoms with Crippen LogP contribution in [0, 0.1) is 0 Å². The van der Waals surface area contributed by atoms with Crippen molar-refractivity contribution in [2.75, 3.05) is 0 Å². The molecule has 0 rings (SSSR count). The lowest BCUT2D eigenvalue weighted by atomic mass is 10.0. The minimum Gasteiger partial charge on any atom is -0.393 e. The number of hydrogen-bond donors (Lipinski definition) is 4. The third-order valence-corrected chi connectivity index (χ3v) is 7.86. The van der Waals surface area contributed by atoms with E-state index in [2.05, 4.69) is 26.0 Å². The van der Waals surface area contributed by atoms with Gasteiger partial charge in [-0.05, 0) is 51.4 Å². The van der Waals surface area contributed by atoms with Crippen molar-refractivity contribution in [1.82, 2.24) is 0 Å². The first kappa shape index (κ1) is 42.7. The molecule has 0 aromatic rings. The summed E-state index contributed by atoms with van der Waals surface area (Å²) in [6, 6.07) is 0. The lowest BCUT2D eigenvalue weighted by Gasteiger charge is -2.10. The molecule has 0 fully saturated rings. The van der Waals surface area contributed by atoms with Crippen molar-refractivity contribution >= 4 is 11.8 Å². The Hall–Kier alpha value is -1.40. The number of rotatable bonds is 31. The van der Waals surface area contributed by atoms with Crippen LogP contribution < -0.4 is 11.5 Å². The standard InChI is InChI=1S/C18H37NO2.C18H35NO2/c2*1-2-3-4-11-14-17(20)15-12-9-7-5-6-8-10-13-16-18(19)21/h17,20H,2-16H2,1H3,(H2,19,21);9,12,17,20H,2-8,10-11,13-16H2,1H3,(H2,19,21)/b;12-9-/t;17-/m.1/s1. The van der Waals surface area contributed by atoms with Crippen LogP contribution in [0.25, 0.3) is 0 Å². The van der Waals surface area contributed by atoms with Gasteiger partial charge in [0.15, 0.2) is 0 Å². The average molecular weight is 597 g/mol. The van der Waals surface area contributed by atoms with E-state index in [0.29, 0.717) is 12.8 Å². The van der Waals surface area contributed by atoms with E-state index in [-0.39, 0.29) is 24.0 Å². The predicted molar refractivity (Wildman–Crippen MR) is 180 cm³/mol. The van der Waals surface area contributed by atoms with Gasteiger partial charge in [0.2, 0.25) is 11.8 Å². The molecule has 250 valence electrons. The zero-order chi connectivity index (χ0) is 31.5. The zero-order valence-electron chi connectivity index (χ0n) is 28.0. The summed E-state index contributed by atoms with van der Waals surface area (Å²) in [5.74, 6) is -0.366. The maximum Gasteiger partial charge on any atom is 0.217 e. The molecular weight excluding hydrogens is 524 g/mol. The lowest BCUT2D eigenvalue weighted by Crippen LogP contribution is -2.09. The van der Waals surface area contributed by atoms with Crippen molar-refractivity contribution < 1.29 is 19.8 Å². The van der Waals surface area contributed by atoms with E-state index in [1.54, 1.807) is 0 Å². The largest absolute Gasteiger partial charge is 0.393 e. The Morgan fingerprint density at radius 1 is 0.500 bits per heavy atom. The van der Waals surface area contributed by atoms with Gasteiger partial charge in [0.25, 0.3) is 0 Å². The number of unbranched alkanes of at least 4 members (excludes halogenated alkanes) is 18. The summed E-state index contributed by atoms with van der Waals surface area (Å²) in [4.78, 5) is 21.1. The Morgan fingerprint density at radius 3 is 1.29 bits per heavy atom. The number of primary amides is 2. The average Bonchev–Trinajstić information content (AvgIpc) is 2.95. The summed E-state index contributed by atoms with van der Waals surface area (Å²) in [5.41, 5.74) is 10.2. The predicted octanol–water partition coefficient (Wildman–Crippen LogP) is 9.18. The highest BCUT2D eigenvalue weighted by Gasteiger charge is 2.04. The van der Waals surface area contributed by atoms with Crippen molar-refractivity contribution in [2.24, 2.45) is 11.5 Å². The molecule has 0 spiro atoms. The highest BCUT2D eigenvalue weighted by Crippen LogP contribution is 2.14. The summed E-state index contributed by atoms with van der Waals surface area (Å²) < 4.78 is 0. The molecule has 6 nitrogen and oxygen atoms in total. The van der Waals surface area contributed by atoms with Gasteiger partial charge in [-0.25, -0.2) is 0 Å². The summed E-state index contributed by atoms with van der Waals surface area (Å²) in [5, 5.41) is 19.7. The van der Waals surface area contributed by atoms with Gasteiger partial charge in [0, 0.05) is 12.8 Å². The maximum absolute atomic E-state index is 10.6. The monoisotopic (exact) mass is 597 g/mol. The Kier molecular flexibility index (Phi) is 36.4. The number of allylic oxidation sites excluding steroid dienone is 1. The number of amides is 2. The van der Waals surface area contributed by atoms with Gasteiger partial charge >= 0.3 is 0 Å². The van der Waals surface area contributed by atoms with E-state index in [0.717, 1.165) is 70.6 Å². The van der Waals surface area contributed by atoms with Gasteiger partial charge in [0.1, 0.15) is 0 Å². The van der Waals surface area contributed by atoms with Crippen LogP contribution in [-0.2, 0) is 9.59 Å². The van der Waals surface area contributed by atoms with Crippen molar-refractivity contribution in [3.8, 4) is 0 Å². The highest BCUT2D eigenvalue weighted by atomic mass is 16.3. The molecule has 0 aromatic carbocycles. The van der Waals surface area contributed by atoms with Crippen molar-refractivity contribution in [1.29, 1.82) is 0 Å². The lowest BCUT2D eigenvalue weighted by molar-refractivity contribution is -0.119. The summed E-state index contributed by atoms with van der Waals surface area (Å²) >= 11 is 0. The molecule has 0 aliphatic heterocycles. The second kappa shape index (κ2) is 35.8. The maximum atomic E-state index is 10.6. The van der Waals surface area contributed by atoms with Crippen LogP contribution in [0.1, 0.15) is 194 Å². The van der Waals surface area contributed by atoms with E-state index < -0.39 is 0 Å². The first-order valence-electron chi connectivity index (χ1n) is 17.9. The fourth-order valence-electron chi connectivity index (χ4n) is 5.08. The van der Waals surface area contributed by atoms with Crippen LogP contribution in [0.5, 0.6) is 0 Å². The third kappa shape index (κ3) is 40.7. The van der Waals surface area contributed by atoms with Gasteiger partial charge in [-0.2, -0.15) is 0 Å². The molecule has 2 atom stereocenters. The van der Waals surface area contributed by atoms with Crippen LogP contribution >= 0.6 is 0 Å². The fraction of sp³-hybridized carbons (Fsp3) is 0.889. The summed E-state index contributed by atoms with van der Waals surface area (Å²) in [6.07, 6.45) is 35.0.